The SMILES string of the molecule is C=CCn1ccnc1NCC(C)(C)CN(C)C. The topological polar surface area (TPSA) is 33.1 Å². The van der Waals surface area contributed by atoms with Crippen LogP contribution < -0.4 is 5.32 Å². The Morgan fingerprint density at radius 2 is 2.24 bits per heavy atom. The molecule has 0 atom stereocenters. The van der Waals surface area contributed by atoms with Gasteiger partial charge in [0.2, 0.25) is 5.95 Å². The number of allylic oxidation sites excluding steroid dienone is 1. The molecule has 1 aromatic rings. The minimum atomic E-state index is 0.217. The largest absolute Gasteiger partial charge is 0.355 e. The van der Waals surface area contributed by atoms with Crippen LogP contribution in [0.15, 0.2) is 25.0 Å². The zero-order valence-electron chi connectivity index (χ0n) is 11.4. The van der Waals surface area contributed by atoms with E-state index < -0.39 is 0 Å². The number of aromatic nitrogens is 2. The van der Waals surface area contributed by atoms with Crippen molar-refractivity contribution in [3.63, 3.8) is 0 Å². The van der Waals surface area contributed by atoms with E-state index in [1.165, 1.54) is 0 Å². The highest BCUT2D eigenvalue weighted by Gasteiger charge is 2.19. The highest BCUT2D eigenvalue weighted by Crippen LogP contribution is 2.17. The maximum atomic E-state index is 4.31. The van der Waals surface area contributed by atoms with Crippen molar-refractivity contribution in [1.29, 1.82) is 0 Å². The fraction of sp³-hybridized carbons (Fsp3) is 0.615. The van der Waals surface area contributed by atoms with E-state index in [0.717, 1.165) is 25.6 Å². The van der Waals surface area contributed by atoms with E-state index in [4.69, 9.17) is 0 Å². The van der Waals surface area contributed by atoms with Gasteiger partial charge in [-0.1, -0.05) is 19.9 Å². The van der Waals surface area contributed by atoms with Crippen LogP contribution in [-0.4, -0.2) is 41.6 Å². The lowest BCUT2D eigenvalue weighted by molar-refractivity contribution is 0.253. The summed E-state index contributed by atoms with van der Waals surface area (Å²) in [6, 6.07) is 0. The molecule has 1 heterocycles. The highest BCUT2D eigenvalue weighted by molar-refractivity contribution is 5.26. The standard InChI is InChI=1S/C13H24N4/c1-6-8-17-9-7-14-12(17)15-10-13(2,3)11-16(4)5/h6-7,9H,1,8,10-11H2,2-5H3,(H,14,15). The van der Waals surface area contributed by atoms with Crippen LogP contribution in [-0.2, 0) is 6.54 Å². The second-order valence-corrected chi connectivity index (χ2v) is 5.45. The Morgan fingerprint density at radius 3 is 2.82 bits per heavy atom. The third-order valence-electron chi connectivity index (χ3n) is 2.51. The molecule has 17 heavy (non-hydrogen) atoms. The number of nitrogens with zero attached hydrogens (tertiary/aromatic N) is 3. The number of rotatable bonds is 7. The van der Waals surface area contributed by atoms with Crippen LogP contribution in [0.3, 0.4) is 0 Å². The first-order valence-electron chi connectivity index (χ1n) is 5.95. The number of anilines is 1. The first kappa shape index (κ1) is 13.8. The van der Waals surface area contributed by atoms with Gasteiger partial charge in [-0.25, -0.2) is 4.98 Å². The van der Waals surface area contributed by atoms with Crippen molar-refractivity contribution >= 4 is 5.95 Å². The van der Waals surface area contributed by atoms with Crippen LogP contribution in [0.25, 0.3) is 0 Å². The average molecular weight is 236 g/mol. The molecule has 96 valence electrons. The summed E-state index contributed by atoms with van der Waals surface area (Å²) in [6.45, 7) is 11.0. The second kappa shape index (κ2) is 5.87. The van der Waals surface area contributed by atoms with Gasteiger partial charge < -0.3 is 14.8 Å². The van der Waals surface area contributed by atoms with E-state index in [2.05, 4.69) is 54.3 Å². The molecule has 1 N–H and O–H groups in total. The molecule has 0 aliphatic carbocycles. The predicted molar refractivity (Wildman–Crippen MR) is 73.2 cm³/mol. The van der Waals surface area contributed by atoms with Gasteiger partial charge in [0.25, 0.3) is 0 Å². The fourth-order valence-electron chi connectivity index (χ4n) is 1.99. The lowest BCUT2D eigenvalue weighted by Gasteiger charge is -2.28. The van der Waals surface area contributed by atoms with Gasteiger partial charge in [-0.2, -0.15) is 0 Å². The summed E-state index contributed by atoms with van der Waals surface area (Å²) in [6.07, 6.45) is 5.64. The van der Waals surface area contributed by atoms with E-state index in [0.29, 0.717) is 0 Å². The Kier molecular flexibility index (Phi) is 4.75. The van der Waals surface area contributed by atoms with E-state index in [1.807, 2.05) is 18.5 Å². The maximum Gasteiger partial charge on any atom is 0.203 e. The van der Waals surface area contributed by atoms with E-state index in [-0.39, 0.29) is 5.41 Å². The smallest absolute Gasteiger partial charge is 0.203 e. The van der Waals surface area contributed by atoms with Gasteiger partial charge in [-0.05, 0) is 19.5 Å². The zero-order chi connectivity index (χ0) is 12.9. The van der Waals surface area contributed by atoms with Gasteiger partial charge in [0.1, 0.15) is 0 Å². The molecule has 1 rings (SSSR count). The normalized spacial score (nSPS) is 11.8. The molecule has 0 radical (unpaired) electrons. The molecule has 4 heteroatoms. The van der Waals surface area contributed by atoms with Crippen LogP contribution in [0.1, 0.15) is 13.8 Å². The quantitative estimate of drug-likeness (QED) is 0.736. The summed E-state index contributed by atoms with van der Waals surface area (Å²) < 4.78 is 2.05. The van der Waals surface area contributed by atoms with Crippen molar-refractivity contribution < 1.29 is 0 Å². The van der Waals surface area contributed by atoms with Gasteiger partial charge in [-0.3, -0.25) is 0 Å². The van der Waals surface area contributed by atoms with Crippen LogP contribution in [0, 0.1) is 5.41 Å². The Balaban J connectivity index is 2.54. The van der Waals surface area contributed by atoms with Gasteiger partial charge in [0.15, 0.2) is 0 Å². The lowest BCUT2D eigenvalue weighted by Crippen LogP contribution is -2.34. The molecule has 0 saturated carbocycles. The van der Waals surface area contributed by atoms with E-state index >= 15 is 0 Å². The Labute approximate surface area is 104 Å². The Morgan fingerprint density at radius 1 is 1.53 bits per heavy atom. The molecular formula is C13H24N4. The second-order valence-electron chi connectivity index (χ2n) is 5.45. The van der Waals surface area contributed by atoms with Crippen molar-refractivity contribution in [2.45, 2.75) is 20.4 Å². The van der Waals surface area contributed by atoms with Crippen molar-refractivity contribution in [3.8, 4) is 0 Å². The van der Waals surface area contributed by atoms with Gasteiger partial charge >= 0.3 is 0 Å². The Bertz CT molecular complexity index is 352. The molecule has 0 spiro atoms. The molecule has 0 fully saturated rings. The first-order valence-corrected chi connectivity index (χ1v) is 5.95. The van der Waals surface area contributed by atoms with Crippen molar-refractivity contribution in [1.82, 2.24) is 14.5 Å². The summed E-state index contributed by atoms with van der Waals surface area (Å²) in [5.74, 6) is 0.914. The van der Waals surface area contributed by atoms with Gasteiger partial charge in [0, 0.05) is 32.0 Å². The molecule has 0 bridgehead atoms. The molecule has 0 saturated heterocycles. The minimum absolute atomic E-state index is 0.217. The zero-order valence-corrected chi connectivity index (χ0v) is 11.4. The van der Waals surface area contributed by atoms with Crippen molar-refractivity contribution in [2.24, 2.45) is 5.41 Å². The van der Waals surface area contributed by atoms with Crippen molar-refractivity contribution in [3.05, 3.63) is 25.0 Å². The molecule has 0 amide bonds. The molecular weight excluding hydrogens is 212 g/mol. The van der Waals surface area contributed by atoms with Gasteiger partial charge in [0.05, 0.1) is 0 Å². The molecule has 0 unspecified atom stereocenters. The summed E-state index contributed by atoms with van der Waals surface area (Å²) >= 11 is 0. The molecule has 0 aromatic carbocycles. The summed E-state index contributed by atoms with van der Waals surface area (Å²) in [5, 5.41) is 3.40. The third kappa shape index (κ3) is 4.61. The van der Waals surface area contributed by atoms with Crippen LogP contribution in [0.5, 0.6) is 0 Å². The van der Waals surface area contributed by atoms with Crippen LogP contribution in [0.4, 0.5) is 5.95 Å². The molecule has 1 aromatic heterocycles. The summed E-state index contributed by atoms with van der Waals surface area (Å²) in [4.78, 5) is 6.51. The average Bonchev–Trinajstić information content (AvgIpc) is 2.61. The minimum Gasteiger partial charge on any atom is -0.355 e. The molecule has 0 aliphatic rings. The van der Waals surface area contributed by atoms with E-state index in [9.17, 15) is 0 Å². The third-order valence-corrected chi connectivity index (χ3v) is 2.51. The predicted octanol–water partition coefficient (Wildman–Crippen LogP) is 2.07. The molecule has 4 nitrogen and oxygen atoms in total. The molecule has 0 aliphatic heterocycles. The Hall–Kier alpha value is -1.29. The first-order chi connectivity index (χ1) is 7.94. The fourth-order valence-corrected chi connectivity index (χ4v) is 1.99. The number of imidazole rings is 1. The maximum absolute atomic E-state index is 4.31. The lowest BCUT2D eigenvalue weighted by atomic mass is 9.93. The van der Waals surface area contributed by atoms with E-state index in [1.54, 1.807) is 0 Å². The summed E-state index contributed by atoms with van der Waals surface area (Å²) in [7, 11) is 4.20. The van der Waals surface area contributed by atoms with Crippen LogP contribution in [0.2, 0.25) is 0 Å². The number of hydrogen-bond donors (Lipinski definition) is 1. The number of nitrogens with one attached hydrogen (secondary N) is 1. The van der Waals surface area contributed by atoms with Crippen LogP contribution >= 0.6 is 0 Å². The monoisotopic (exact) mass is 236 g/mol. The highest BCUT2D eigenvalue weighted by atomic mass is 15.2. The number of hydrogen-bond acceptors (Lipinski definition) is 3. The van der Waals surface area contributed by atoms with Crippen molar-refractivity contribution in [2.75, 3.05) is 32.5 Å². The van der Waals surface area contributed by atoms with Gasteiger partial charge in [-0.15, -0.1) is 6.58 Å². The summed E-state index contributed by atoms with van der Waals surface area (Å²) in [5.41, 5.74) is 0.217.